The SMILES string of the molecule is O=C[C@H](OCC1CO1)[C@@H](OCC1CO1)[C@H](OCC1CO1)[C@@H](CO)OCC1CO1. The van der Waals surface area contributed by atoms with Crippen LogP contribution >= 0.6 is 0 Å². The van der Waals surface area contributed by atoms with Gasteiger partial charge in [-0.3, -0.25) is 0 Å². The summed E-state index contributed by atoms with van der Waals surface area (Å²) in [6.45, 7) is 3.48. The maximum atomic E-state index is 11.8. The van der Waals surface area contributed by atoms with Gasteiger partial charge in [-0.05, 0) is 0 Å². The van der Waals surface area contributed by atoms with E-state index in [1.165, 1.54) is 0 Å². The minimum absolute atomic E-state index is 0.00217. The van der Waals surface area contributed by atoms with E-state index >= 15 is 0 Å². The molecule has 1 N–H and O–H groups in total. The number of hydrogen-bond donors (Lipinski definition) is 1. The van der Waals surface area contributed by atoms with Gasteiger partial charge in [-0.2, -0.15) is 0 Å². The lowest BCUT2D eigenvalue weighted by molar-refractivity contribution is -0.186. The first-order valence-electron chi connectivity index (χ1n) is 9.75. The third kappa shape index (κ3) is 6.68. The average Bonchev–Trinajstić information content (AvgIpc) is 3.57. The van der Waals surface area contributed by atoms with Crippen molar-refractivity contribution < 1.29 is 47.8 Å². The molecule has 4 heterocycles. The van der Waals surface area contributed by atoms with E-state index in [4.69, 9.17) is 37.9 Å². The molecule has 0 bridgehead atoms. The number of aldehydes is 1. The maximum Gasteiger partial charge on any atom is 0.151 e. The van der Waals surface area contributed by atoms with Crippen molar-refractivity contribution >= 4 is 6.29 Å². The Morgan fingerprint density at radius 2 is 1.18 bits per heavy atom. The molecule has 4 aliphatic heterocycles. The van der Waals surface area contributed by atoms with Crippen molar-refractivity contribution in [2.75, 3.05) is 59.5 Å². The number of hydrogen-bond acceptors (Lipinski definition) is 10. The Labute approximate surface area is 163 Å². The molecule has 0 amide bonds. The van der Waals surface area contributed by atoms with Gasteiger partial charge in [0.25, 0.3) is 0 Å². The number of epoxide rings is 4. The number of aliphatic hydroxyl groups is 1. The van der Waals surface area contributed by atoms with Crippen LogP contribution in [-0.4, -0.2) is 120 Å². The topological polar surface area (TPSA) is 124 Å². The van der Waals surface area contributed by atoms with Crippen molar-refractivity contribution in [2.45, 2.75) is 48.8 Å². The van der Waals surface area contributed by atoms with Crippen LogP contribution in [-0.2, 0) is 42.7 Å². The number of rotatable bonds is 17. The Morgan fingerprint density at radius 3 is 1.61 bits per heavy atom. The van der Waals surface area contributed by atoms with Gasteiger partial charge in [0, 0.05) is 0 Å². The van der Waals surface area contributed by atoms with Crippen LogP contribution in [0.25, 0.3) is 0 Å². The molecule has 0 saturated carbocycles. The van der Waals surface area contributed by atoms with Crippen LogP contribution in [0, 0.1) is 0 Å². The van der Waals surface area contributed by atoms with Gasteiger partial charge in [-0.15, -0.1) is 0 Å². The third-order valence-corrected chi connectivity index (χ3v) is 4.86. The molecule has 0 aromatic carbocycles. The smallest absolute Gasteiger partial charge is 0.151 e. The highest BCUT2D eigenvalue weighted by Crippen LogP contribution is 2.23. The van der Waals surface area contributed by atoms with Gasteiger partial charge in [-0.25, -0.2) is 0 Å². The van der Waals surface area contributed by atoms with Crippen LogP contribution in [0.1, 0.15) is 0 Å². The van der Waals surface area contributed by atoms with E-state index in [9.17, 15) is 9.90 Å². The highest BCUT2D eigenvalue weighted by atomic mass is 16.6. The summed E-state index contributed by atoms with van der Waals surface area (Å²) in [5.41, 5.74) is 0. The standard InChI is InChI=1S/C18H28O10/c19-1-15(25-7-11-3-21-11)17(27-9-13-5-23-13)18(28-10-14-6-24-14)16(2-20)26-8-12-4-22-12/h1,11-18,20H,2-10H2/t11?,12?,13?,14?,15-,16+,17+,18+/m0/s1. The zero-order valence-corrected chi connectivity index (χ0v) is 15.7. The van der Waals surface area contributed by atoms with Crippen LogP contribution in [0.2, 0.25) is 0 Å². The van der Waals surface area contributed by atoms with Gasteiger partial charge in [0.1, 0.15) is 48.8 Å². The predicted octanol–water partition coefficient (Wildman–Crippen LogP) is -1.69. The van der Waals surface area contributed by atoms with Crippen LogP contribution in [0.4, 0.5) is 0 Å². The van der Waals surface area contributed by atoms with Crippen LogP contribution in [0.3, 0.4) is 0 Å². The number of aliphatic hydroxyl groups excluding tert-OH is 1. The normalized spacial score (nSPS) is 34.3. The van der Waals surface area contributed by atoms with Gasteiger partial charge in [0.2, 0.25) is 0 Å². The highest BCUT2D eigenvalue weighted by Gasteiger charge is 2.42. The number of carbonyl (C=O) groups excluding carboxylic acids is 1. The largest absolute Gasteiger partial charge is 0.394 e. The fraction of sp³-hybridized carbons (Fsp3) is 0.944. The Bertz CT molecular complexity index is 489. The molecule has 0 aliphatic carbocycles. The lowest BCUT2D eigenvalue weighted by Gasteiger charge is -2.35. The molecule has 28 heavy (non-hydrogen) atoms. The molecule has 4 rings (SSSR count). The zero-order valence-electron chi connectivity index (χ0n) is 15.7. The Balaban J connectivity index is 1.43. The quantitative estimate of drug-likeness (QED) is 0.222. The van der Waals surface area contributed by atoms with Crippen molar-refractivity contribution in [2.24, 2.45) is 0 Å². The first-order chi connectivity index (χ1) is 13.8. The van der Waals surface area contributed by atoms with E-state index in [0.29, 0.717) is 59.1 Å². The molecular weight excluding hydrogens is 376 g/mol. The lowest BCUT2D eigenvalue weighted by atomic mass is 10.0. The van der Waals surface area contributed by atoms with Crippen molar-refractivity contribution in [3.05, 3.63) is 0 Å². The maximum absolute atomic E-state index is 11.8. The molecule has 4 unspecified atom stereocenters. The Hall–Kier alpha value is -0.690. The van der Waals surface area contributed by atoms with Crippen molar-refractivity contribution in [1.82, 2.24) is 0 Å². The van der Waals surface area contributed by atoms with Gasteiger partial charge in [0.05, 0.1) is 59.5 Å². The highest BCUT2D eigenvalue weighted by molar-refractivity contribution is 5.57. The minimum atomic E-state index is -0.886. The Kier molecular flexibility index (Phi) is 7.26. The summed E-state index contributed by atoms with van der Waals surface area (Å²) < 4.78 is 44.3. The molecule has 4 aliphatic rings. The van der Waals surface area contributed by atoms with E-state index in [0.717, 1.165) is 0 Å². The summed E-state index contributed by atoms with van der Waals surface area (Å²) in [7, 11) is 0. The second kappa shape index (κ2) is 9.88. The summed E-state index contributed by atoms with van der Waals surface area (Å²) in [4.78, 5) is 11.8. The van der Waals surface area contributed by atoms with E-state index in [1.807, 2.05) is 0 Å². The van der Waals surface area contributed by atoms with Crippen LogP contribution < -0.4 is 0 Å². The zero-order chi connectivity index (χ0) is 19.3. The number of ether oxygens (including phenoxy) is 8. The van der Waals surface area contributed by atoms with Gasteiger partial charge in [0.15, 0.2) is 6.29 Å². The van der Waals surface area contributed by atoms with E-state index < -0.39 is 24.4 Å². The van der Waals surface area contributed by atoms with Gasteiger partial charge >= 0.3 is 0 Å². The summed E-state index contributed by atoms with van der Waals surface area (Å²) >= 11 is 0. The van der Waals surface area contributed by atoms with Crippen LogP contribution in [0.5, 0.6) is 0 Å². The molecule has 160 valence electrons. The second-order valence-corrected chi connectivity index (χ2v) is 7.41. The molecule has 10 heteroatoms. The van der Waals surface area contributed by atoms with E-state index in [2.05, 4.69) is 0 Å². The molecular formula is C18H28O10. The molecule has 0 spiro atoms. The van der Waals surface area contributed by atoms with E-state index in [-0.39, 0.29) is 31.0 Å². The first kappa shape index (κ1) is 20.6. The van der Waals surface area contributed by atoms with Crippen molar-refractivity contribution in [3.63, 3.8) is 0 Å². The van der Waals surface area contributed by atoms with Crippen LogP contribution in [0.15, 0.2) is 0 Å². The Morgan fingerprint density at radius 1 is 0.750 bits per heavy atom. The molecule has 8 atom stereocenters. The fourth-order valence-corrected chi connectivity index (χ4v) is 2.80. The summed E-state index contributed by atoms with van der Waals surface area (Å²) in [6.07, 6.45) is -2.32. The summed E-state index contributed by atoms with van der Waals surface area (Å²) in [5.74, 6) is 0. The van der Waals surface area contributed by atoms with Gasteiger partial charge < -0.3 is 47.8 Å². The monoisotopic (exact) mass is 404 g/mol. The molecule has 0 radical (unpaired) electrons. The van der Waals surface area contributed by atoms with Gasteiger partial charge in [-0.1, -0.05) is 0 Å². The summed E-state index contributed by atoms with van der Waals surface area (Å²) in [6, 6.07) is 0. The molecule has 0 aromatic rings. The second-order valence-electron chi connectivity index (χ2n) is 7.41. The third-order valence-electron chi connectivity index (χ3n) is 4.86. The van der Waals surface area contributed by atoms with E-state index in [1.54, 1.807) is 0 Å². The molecule has 4 saturated heterocycles. The van der Waals surface area contributed by atoms with Crippen molar-refractivity contribution in [3.8, 4) is 0 Å². The summed E-state index contributed by atoms with van der Waals surface area (Å²) in [5, 5.41) is 9.93. The molecule has 10 nitrogen and oxygen atoms in total. The predicted molar refractivity (Wildman–Crippen MR) is 91.1 cm³/mol. The fourth-order valence-electron chi connectivity index (χ4n) is 2.80. The lowest BCUT2D eigenvalue weighted by Crippen LogP contribution is -2.52. The first-order valence-corrected chi connectivity index (χ1v) is 9.75. The number of carbonyl (C=O) groups is 1. The molecule has 4 fully saturated rings. The average molecular weight is 404 g/mol. The van der Waals surface area contributed by atoms with Crippen molar-refractivity contribution in [1.29, 1.82) is 0 Å². The minimum Gasteiger partial charge on any atom is -0.394 e. The molecule has 0 aromatic heterocycles.